The highest BCUT2D eigenvalue weighted by molar-refractivity contribution is 7.97. The van der Waals surface area contributed by atoms with E-state index in [4.69, 9.17) is 5.73 Å². The molecule has 1 heterocycles. The number of nitrogens with two attached hydrogens (primary N) is 1. The Labute approximate surface area is 78.8 Å². The number of nitrogens with zero attached hydrogens (tertiary/aromatic N) is 2. The van der Waals surface area contributed by atoms with Gasteiger partial charge in [0, 0.05) is 0 Å². The maximum atomic E-state index is 12.3. The molecule has 0 unspecified atom stereocenters. The predicted octanol–water partition coefficient (Wildman–Crippen LogP) is 1.86. The largest absolute Gasteiger partial charge is 0.396 e. The van der Waals surface area contributed by atoms with E-state index in [2.05, 4.69) is 9.97 Å². The molecule has 1 aromatic rings. The molecule has 0 fully saturated rings. The molecule has 1 aromatic heterocycles. The third-order valence-electron chi connectivity index (χ3n) is 1.38. The van der Waals surface area contributed by atoms with Crippen LogP contribution in [0.4, 0.5) is 14.5 Å². The summed E-state index contributed by atoms with van der Waals surface area (Å²) in [5.41, 5.74) is 4.84. The molecule has 1 rings (SSSR count). The molecule has 0 spiro atoms. The Balaban J connectivity index is 2.97. The van der Waals surface area contributed by atoms with Gasteiger partial charge in [0.25, 0.3) is 6.43 Å². The van der Waals surface area contributed by atoms with Crippen LogP contribution in [-0.2, 0) is 5.75 Å². The molecule has 3 nitrogen and oxygen atoms in total. The van der Waals surface area contributed by atoms with Crippen molar-refractivity contribution >= 4 is 17.4 Å². The van der Waals surface area contributed by atoms with Gasteiger partial charge in [-0.05, 0) is 6.26 Å². The van der Waals surface area contributed by atoms with Crippen molar-refractivity contribution in [2.45, 2.75) is 12.2 Å². The molecule has 0 amide bonds. The maximum Gasteiger partial charge on any atom is 0.282 e. The molecule has 0 atom stereocenters. The first-order valence-electron chi connectivity index (χ1n) is 3.53. The number of nitrogen functional groups attached to an aromatic ring is 1. The SMILES string of the molecule is CSCc1ncc(N)c(C(F)F)n1. The van der Waals surface area contributed by atoms with E-state index in [1.807, 2.05) is 6.26 Å². The van der Waals surface area contributed by atoms with Crippen LogP contribution in [-0.4, -0.2) is 16.2 Å². The van der Waals surface area contributed by atoms with Crippen molar-refractivity contribution in [3.8, 4) is 0 Å². The number of thioether (sulfide) groups is 1. The number of aromatic nitrogens is 2. The molecule has 6 heteroatoms. The molecule has 0 radical (unpaired) electrons. The van der Waals surface area contributed by atoms with E-state index in [0.717, 1.165) is 0 Å². The minimum Gasteiger partial charge on any atom is -0.396 e. The first kappa shape index (κ1) is 10.2. The van der Waals surface area contributed by atoms with Gasteiger partial charge in [0.15, 0.2) is 0 Å². The van der Waals surface area contributed by atoms with E-state index in [0.29, 0.717) is 11.6 Å². The van der Waals surface area contributed by atoms with Crippen LogP contribution in [0, 0.1) is 0 Å². The summed E-state index contributed by atoms with van der Waals surface area (Å²) in [4.78, 5) is 7.48. The number of hydrogen-bond donors (Lipinski definition) is 1. The Bertz CT molecular complexity index is 293. The zero-order chi connectivity index (χ0) is 9.84. The van der Waals surface area contributed by atoms with E-state index in [1.165, 1.54) is 18.0 Å². The molecule has 13 heavy (non-hydrogen) atoms. The predicted molar refractivity (Wildman–Crippen MR) is 48.6 cm³/mol. The fraction of sp³-hybridized carbons (Fsp3) is 0.429. The second kappa shape index (κ2) is 4.36. The van der Waals surface area contributed by atoms with Gasteiger partial charge in [-0.1, -0.05) is 0 Å². The molecule has 0 aliphatic rings. The lowest BCUT2D eigenvalue weighted by Crippen LogP contribution is -2.03. The van der Waals surface area contributed by atoms with Gasteiger partial charge in [0.2, 0.25) is 0 Å². The summed E-state index contributed by atoms with van der Waals surface area (Å²) in [5, 5.41) is 0. The van der Waals surface area contributed by atoms with E-state index < -0.39 is 6.43 Å². The summed E-state index contributed by atoms with van der Waals surface area (Å²) in [6.45, 7) is 0. The standard InChI is InChI=1S/C7H9F2N3S/c1-13-3-5-11-2-4(10)6(12-5)7(8)9/h2,7H,3,10H2,1H3. The smallest absolute Gasteiger partial charge is 0.282 e. The van der Waals surface area contributed by atoms with Gasteiger partial charge >= 0.3 is 0 Å². The van der Waals surface area contributed by atoms with Crippen LogP contribution in [0.3, 0.4) is 0 Å². The molecule has 0 aliphatic carbocycles. The molecular weight excluding hydrogens is 196 g/mol. The zero-order valence-corrected chi connectivity index (χ0v) is 7.81. The number of rotatable bonds is 3. The van der Waals surface area contributed by atoms with E-state index in [1.54, 1.807) is 0 Å². The van der Waals surface area contributed by atoms with Crippen LogP contribution in [0.15, 0.2) is 6.20 Å². The minimum atomic E-state index is -2.64. The Hall–Kier alpha value is -0.910. The highest BCUT2D eigenvalue weighted by Gasteiger charge is 2.14. The monoisotopic (exact) mass is 205 g/mol. The maximum absolute atomic E-state index is 12.3. The number of alkyl halides is 2. The van der Waals surface area contributed by atoms with Crippen LogP contribution in [0.2, 0.25) is 0 Å². The molecule has 0 saturated carbocycles. The first-order chi connectivity index (χ1) is 6.15. The second-order valence-corrected chi connectivity index (χ2v) is 3.23. The van der Waals surface area contributed by atoms with E-state index >= 15 is 0 Å². The molecule has 0 aromatic carbocycles. The summed E-state index contributed by atoms with van der Waals surface area (Å²) >= 11 is 1.47. The van der Waals surface area contributed by atoms with Crippen molar-refractivity contribution in [3.63, 3.8) is 0 Å². The van der Waals surface area contributed by atoms with Gasteiger partial charge < -0.3 is 5.73 Å². The summed E-state index contributed by atoms with van der Waals surface area (Å²) in [5.74, 6) is 0.900. The minimum absolute atomic E-state index is 0.0557. The summed E-state index contributed by atoms with van der Waals surface area (Å²) in [6, 6.07) is 0. The lowest BCUT2D eigenvalue weighted by molar-refractivity contribution is 0.146. The summed E-state index contributed by atoms with van der Waals surface area (Å²) in [6.07, 6.45) is 0.436. The van der Waals surface area contributed by atoms with Crippen molar-refractivity contribution < 1.29 is 8.78 Å². The Morgan fingerprint density at radius 2 is 2.31 bits per heavy atom. The number of halogens is 2. The van der Waals surface area contributed by atoms with Gasteiger partial charge in [-0.3, -0.25) is 0 Å². The molecule has 0 bridgehead atoms. The fourth-order valence-corrected chi connectivity index (χ4v) is 1.21. The molecule has 0 saturated heterocycles. The van der Waals surface area contributed by atoms with Gasteiger partial charge in [-0.25, -0.2) is 18.7 Å². The lowest BCUT2D eigenvalue weighted by atomic mass is 10.3. The van der Waals surface area contributed by atoms with Gasteiger partial charge in [-0.2, -0.15) is 11.8 Å². The number of anilines is 1. The third-order valence-corrected chi connectivity index (χ3v) is 1.92. The molecular formula is C7H9F2N3S. The Morgan fingerprint density at radius 1 is 1.62 bits per heavy atom. The van der Waals surface area contributed by atoms with Crippen LogP contribution in [0.1, 0.15) is 17.9 Å². The highest BCUT2D eigenvalue weighted by Crippen LogP contribution is 2.22. The fourth-order valence-electron chi connectivity index (χ4n) is 0.816. The average Bonchev–Trinajstić information content (AvgIpc) is 2.08. The molecule has 0 aliphatic heterocycles. The second-order valence-electron chi connectivity index (χ2n) is 2.36. The van der Waals surface area contributed by atoms with Crippen molar-refractivity contribution in [2.75, 3.05) is 12.0 Å². The highest BCUT2D eigenvalue weighted by atomic mass is 32.2. The van der Waals surface area contributed by atoms with Crippen molar-refractivity contribution in [3.05, 3.63) is 17.7 Å². The van der Waals surface area contributed by atoms with Gasteiger partial charge in [0.05, 0.1) is 17.6 Å². The molecule has 2 N–H and O–H groups in total. The normalized spacial score (nSPS) is 10.8. The third kappa shape index (κ3) is 2.51. The summed E-state index contributed by atoms with van der Waals surface area (Å²) in [7, 11) is 0. The zero-order valence-electron chi connectivity index (χ0n) is 7.00. The topological polar surface area (TPSA) is 51.8 Å². The van der Waals surface area contributed by atoms with Crippen molar-refractivity contribution in [1.82, 2.24) is 9.97 Å². The first-order valence-corrected chi connectivity index (χ1v) is 4.93. The van der Waals surface area contributed by atoms with Crippen LogP contribution in [0.25, 0.3) is 0 Å². The van der Waals surface area contributed by atoms with Gasteiger partial charge in [-0.15, -0.1) is 0 Å². The van der Waals surface area contributed by atoms with Crippen LogP contribution >= 0.6 is 11.8 Å². The van der Waals surface area contributed by atoms with Crippen LogP contribution in [0.5, 0.6) is 0 Å². The molecule has 72 valence electrons. The van der Waals surface area contributed by atoms with E-state index in [9.17, 15) is 8.78 Å². The van der Waals surface area contributed by atoms with Gasteiger partial charge in [0.1, 0.15) is 11.5 Å². The Kier molecular flexibility index (Phi) is 3.41. The Morgan fingerprint density at radius 3 is 2.85 bits per heavy atom. The van der Waals surface area contributed by atoms with E-state index in [-0.39, 0.29) is 11.4 Å². The van der Waals surface area contributed by atoms with Crippen LogP contribution < -0.4 is 5.73 Å². The number of hydrogen-bond acceptors (Lipinski definition) is 4. The van der Waals surface area contributed by atoms with Crippen molar-refractivity contribution in [2.24, 2.45) is 0 Å². The quantitative estimate of drug-likeness (QED) is 0.818. The van der Waals surface area contributed by atoms with Crippen molar-refractivity contribution in [1.29, 1.82) is 0 Å². The lowest BCUT2D eigenvalue weighted by Gasteiger charge is -2.04. The summed E-state index contributed by atoms with van der Waals surface area (Å²) < 4.78 is 24.5. The average molecular weight is 205 g/mol.